The molecule has 0 bridgehead atoms. The zero-order valence-electron chi connectivity index (χ0n) is 12.3. The standard InChI is InChI=1S/C18H17NO2S/c1-2-22(20,21)17-12-13-19-18(17)16-10-8-15(9-11-16)14-6-4-3-5-7-14/h3-13,19H,2H2,1H3. The number of aromatic nitrogens is 1. The van der Waals surface area contributed by atoms with Crippen molar-refractivity contribution in [1.29, 1.82) is 0 Å². The summed E-state index contributed by atoms with van der Waals surface area (Å²) < 4.78 is 24.2. The van der Waals surface area contributed by atoms with E-state index >= 15 is 0 Å². The van der Waals surface area contributed by atoms with E-state index in [0.29, 0.717) is 10.6 Å². The second-order valence-electron chi connectivity index (χ2n) is 5.06. The van der Waals surface area contributed by atoms with Gasteiger partial charge in [0.05, 0.1) is 16.3 Å². The zero-order valence-corrected chi connectivity index (χ0v) is 13.1. The lowest BCUT2D eigenvalue weighted by atomic mass is 10.0. The van der Waals surface area contributed by atoms with Gasteiger partial charge in [0.25, 0.3) is 0 Å². The van der Waals surface area contributed by atoms with Gasteiger partial charge in [-0.3, -0.25) is 0 Å². The van der Waals surface area contributed by atoms with Gasteiger partial charge < -0.3 is 4.98 Å². The van der Waals surface area contributed by atoms with Gasteiger partial charge in [0.15, 0.2) is 9.84 Å². The first kappa shape index (κ1) is 14.6. The topological polar surface area (TPSA) is 49.9 Å². The molecule has 2 aromatic carbocycles. The van der Waals surface area contributed by atoms with Crippen LogP contribution in [0, 0.1) is 0 Å². The van der Waals surface area contributed by atoms with Gasteiger partial charge in [0.2, 0.25) is 0 Å². The van der Waals surface area contributed by atoms with Crippen molar-refractivity contribution in [2.75, 3.05) is 5.75 Å². The molecule has 0 saturated carbocycles. The molecular formula is C18H17NO2S. The van der Waals surface area contributed by atoms with Gasteiger partial charge in [-0.1, -0.05) is 61.5 Å². The number of hydrogen-bond acceptors (Lipinski definition) is 2. The molecule has 1 aromatic heterocycles. The number of aromatic amines is 1. The van der Waals surface area contributed by atoms with Crippen LogP contribution in [0.25, 0.3) is 22.4 Å². The molecule has 3 aromatic rings. The molecule has 0 saturated heterocycles. The molecule has 1 heterocycles. The van der Waals surface area contributed by atoms with Crippen molar-refractivity contribution in [2.45, 2.75) is 11.8 Å². The number of nitrogens with one attached hydrogen (secondary N) is 1. The van der Waals surface area contributed by atoms with E-state index in [9.17, 15) is 8.42 Å². The molecule has 1 N–H and O–H groups in total. The quantitative estimate of drug-likeness (QED) is 0.787. The van der Waals surface area contributed by atoms with Crippen LogP contribution in [0.15, 0.2) is 71.8 Å². The van der Waals surface area contributed by atoms with Crippen molar-refractivity contribution in [3.05, 3.63) is 66.9 Å². The van der Waals surface area contributed by atoms with E-state index in [2.05, 4.69) is 17.1 Å². The van der Waals surface area contributed by atoms with Gasteiger partial charge in [-0.2, -0.15) is 0 Å². The Bertz CT molecular complexity index is 863. The average molecular weight is 311 g/mol. The largest absolute Gasteiger partial charge is 0.360 e. The van der Waals surface area contributed by atoms with Crippen molar-refractivity contribution in [1.82, 2.24) is 4.98 Å². The summed E-state index contributed by atoms with van der Waals surface area (Å²) in [7, 11) is -3.23. The third-order valence-corrected chi connectivity index (χ3v) is 5.47. The Balaban J connectivity index is 2.00. The SMILES string of the molecule is CCS(=O)(=O)c1cc[nH]c1-c1ccc(-c2ccccc2)cc1. The van der Waals surface area contributed by atoms with Gasteiger partial charge in [-0.25, -0.2) is 8.42 Å². The molecule has 0 atom stereocenters. The van der Waals surface area contributed by atoms with Crippen molar-refractivity contribution in [3.8, 4) is 22.4 Å². The minimum atomic E-state index is -3.23. The first-order chi connectivity index (χ1) is 10.6. The lowest BCUT2D eigenvalue weighted by Gasteiger charge is -2.06. The van der Waals surface area contributed by atoms with Gasteiger partial charge in [-0.15, -0.1) is 0 Å². The van der Waals surface area contributed by atoms with E-state index in [1.807, 2.05) is 42.5 Å². The molecule has 22 heavy (non-hydrogen) atoms. The van der Waals surface area contributed by atoms with Crippen molar-refractivity contribution in [3.63, 3.8) is 0 Å². The molecule has 4 heteroatoms. The minimum Gasteiger partial charge on any atom is -0.360 e. The highest BCUT2D eigenvalue weighted by atomic mass is 32.2. The normalized spacial score (nSPS) is 11.5. The number of rotatable bonds is 4. The van der Waals surface area contributed by atoms with Crippen LogP contribution in [0.5, 0.6) is 0 Å². The summed E-state index contributed by atoms with van der Waals surface area (Å²) in [5, 5.41) is 0. The van der Waals surface area contributed by atoms with E-state index in [-0.39, 0.29) is 5.75 Å². The maximum Gasteiger partial charge on any atom is 0.180 e. The van der Waals surface area contributed by atoms with Crippen LogP contribution in [0.2, 0.25) is 0 Å². The number of sulfone groups is 1. The highest BCUT2D eigenvalue weighted by molar-refractivity contribution is 7.91. The van der Waals surface area contributed by atoms with Crippen molar-refractivity contribution in [2.24, 2.45) is 0 Å². The minimum absolute atomic E-state index is 0.0972. The van der Waals surface area contributed by atoms with E-state index in [4.69, 9.17) is 0 Å². The van der Waals surface area contributed by atoms with Gasteiger partial charge in [0, 0.05) is 6.20 Å². The fourth-order valence-electron chi connectivity index (χ4n) is 2.46. The fraction of sp³-hybridized carbons (Fsp3) is 0.111. The lowest BCUT2D eigenvalue weighted by Crippen LogP contribution is -2.03. The summed E-state index contributed by atoms with van der Waals surface area (Å²) in [6.45, 7) is 1.66. The molecule has 3 nitrogen and oxygen atoms in total. The fourth-order valence-corrected chi connectivity index (χ4v) is 3.53. The van der Waals surface area contributed by atoms with Crippen LogP contribution < -0.4 is 0 Å². The van der Waals surface area contributed by atoms with Crippen LogP contribution in [-0.4, -0.2) is 19.2 Å². The molecule has 112 valence electrons. The molecule has 0 unspecified atom stereocenters. The van der Waals surface area contributed by atoms with Crippen LogP contribution in [-0.2, 0) is 9.84 Å². The van der Waals surface area contributed by atoms with Crippen LogP contribution >= 0.6 is 0 Å². The number of benzene rings is 2. The summed E-state index contributed by atoms with van der Waals surface area (Å²) in [6, 6.07) is 19.6. The van der Waals surface area contributed by atoms with Crippen LogP contribution in [0.3, 0.4) is 0 Å². The summed E-state index contributed by atoms with van der Waals surface area (Å²) in [5.41, 5.74) is 3.77. The van der Waals surface area contributed by atoms with E-state index in [1.165, 1.54) is 0 Å². The monoisotopic (exact) mass is 311 g/mol. The van der Waals surface area contributed by atoms with Gasteiger partial charge in [-0.05, 0) is 22.8 Å². The predicted octanol–water partition coefficient (Wildman–Crippen LogP) is 4.14. The molecule has 0 spiro atoms. The van der Waals surface area contributed by atoms with Crippen LogP contribution in [0.4, 0.5) is 0 Å². The number of H-pyrrole nitrogens is 1. The van der Waals surface area contributed by atoms with Gasteiger partial charge in [0.1, 0.15) is 0 Å². The Morgan fingerprint density at radius 2 is 1.41 bits per heavy atom. The predicted molar refractivity (Wildman–Crippen MR) is 89.4 cm³/mol. The zero-order chi connectivity index (χ0) is 15.6. The third kappa shape index (κ3) is 2.70. The van der Waals surface area contributed by atoms with Crippen molar-refractivity contribution < 1.29 is 8.42 Å². The maximum absolute atomic E-state index is 12.1. The first-order valence-electron chi connectivity index (χ1n) is 7.18. The number of hydrogen-bond donors (Lipinski definition) is 1. The summed E-state index contributed by atoms with van der Waals surface area (Å²) >= 11 is 0. The summed E-state index contributed by atoms with van der Waals surface area (Å²) in [4.78, 5) is 3.41. The smallest absolute Gasteiger partial charge is 0.180 e. The lowest BCUT2D eigenvalue weighted by molar-refractivity contribution is 0.597. The summed E-state index contributed by atoms with van der Waals surface area (Å²) in [6.07, 6.45) is 1.67. The molecular weight excluding hydrogens is 294 g/mol. The third-order valence-electron chi connectivity index (χ3n) is 3.70. The van der Waals surface area contributed by atoms with E-state index in [1.54, 1.807) is 19.2 Å². The van der Waals surface area contributed by atoms with Crippen LogP contribution in [0.1, 0.15) is 6.92 Å². The second-order valence-corrected chi connectivity index (χ2v) is 7.31. The van der Waals surface area contributed by atoms with E-state index in [0.717, 1.165) is 16.7 Å². The molecule has 0 fully saturated rings. The first-order valence-corrected chi connectivity index (χ1v) is 8.83. The molecule has 0 amide bonds. The molecule has 3 rings (SSSR count). The highest BCUT2D eigenvalue weighted by Gasteiger charge is 2.18. The molecule has 0 radical (unpaired) electrons. The Labute approximate surface area is 130 Å². The molecule has 0 aliphatic heterocycles. The Kier molecular flexibility index (Phi) is 3.86. The van der Waals surface area contributed by atoms with E-state index < -0.39 is 9.84 Å². The average Bonchev–Trinajstić information content (AvgIpc) is 3.06. The Hall–Kier alpha value is -2.33. The summed E-state index contributed by atoms with van der Waals surface area (Å²) in [5.74, 6) is 0.0972. The van der Waals surface area contributed by atoms with Crippen molar-refractivity contribution >= 4 is 9.84 Å². The maximum atomic E-state index is 12.1. The van der Waals surface area contributed by atoms with Gasteiger partial charge >= 0.3 is 0 Å². The Morgan fingerprint density at radius 1 is 0.818 bits per heavy atom. The molecule has 0 aliphatic rings. The highest BCUT2D eigenvalue weighted by Crippen LogP contribution is 2.29. The Morgan fingerprint density at radius 3 is 2.05 bits per heavy atom. The second kappa shape index (κ2) is 5.81. The molecule has 0 aliphatic carbocycles.